The van der Waals surface area contributed by atoms with Crippen molar-refractivity contribution in [3.63, 3.8) is 0 Å². The van der Waals surface area contributed by atoms with Crippen LogP contribution < -0.4 is 0 Å². The van der Waals surface area contributed by atoms with Crippen LogP contribution in [0.2, 0.25) is 0 Å². The standard InChI is InChI=1S/C10H6F4O2/c11-8-2-5(10(12,13)14)1-6-7(8)4-16-9(6)3-15/h1-3,9H,4H2. The molecule has 0 radical (unpaired) electrons. The molecule has 0 amide bonds. The van der Waals surface area contributed by atoms with Crippen LogP contribution in [0.3, 0.4) is 0 Å². The van der Waals surface area contributed by atoms with Crippen LogP contribution in [-0.4, -0.2) is 6.29 Å². The highest BCUT2D eigenvalue weighted by Crippen LogP contribution is 2.37. The minimum absolute atomic E-state index is 0.0186. The fourth-order valence-electron chi connectivity index (χ4n) is 1.60. The van der Waals surface area contributed by atoms with E-state index in [1.54, 1.807) is 0 Å². The lowest BCUT2D eigenvalue weighted by molar-refractivity contribution is -0.138. The summed E-state index contributed by atoms with van der Waals surface area (Å²) in [6.45, 7) is -0.178. The summed E-state index contributed by atoms with van der Waals surface area (Å²) >= 11 is 0. The van der Waals surface area contributed by atoms with Gasteiger partial charge in [0.1, 0.15) is 11.9 Å². The van der Waals surface area contributed by atoms with Crippen molar-refractivity contribution in [1.29, 1.82) is 0 Å². The summed E-state index contributed by atoms with van der Waals surface area (Å²) in [4.78, 5) is 10.5. The van der Waals surface area contributed by atoms with Gasteiger partial charge in [-0.2, -0.15) is 13.2 Å². The van der Waals surface area contributed by atoms with Crippen LogP contribution in [-0.2, 0) is 22.3 Å². The van der Waals surface area contributed by atoms with Gasteiger partial charge in [0.2, 0.25) is 0 Å². The van der Waals surface area contributed by atoms with Crippen LogP contribution >= 0.6 is 0 Å². The third-order valence-corrected chi connectivity index (χ3v) is 2.39. The van der Waals surface area contributed by atoms with Crippen molar-refractivity contribution in [2.24, 2.45) is 0 Å². The van der Waals surface area contributed by atoms with E-state index < -0.39 is 23.7 Å². The Kier molecular flexibility index (Phi) is 2.46. The Bertz CT molecular complexity index is 439. The van der Waals surface area contributed by atoms with Crippen molar-refractivity contribution in [1.82, 2.24) is 0 Å². The SMILES string of the molecule is O=CC1OCc2c(F)cc(C(F)(F)F)cc21. The van der Waals surface area contributed by atoms with Crippen LogP contribution in [0, 0.1) is 5.82 Å². The summed E-state index contributed by atoms with van der Waals surface area (Å²) in [6.07, 6.45) is -5.39. The zero-order valence-electron chi connectivity index (χ0n) is 7.84. The average Bonchev–Trinajstić information content (AvgIpc) is 2.59. The molecule has 2 nitrogen and oxygen atoms in total. The lowest BCUT2D eigenvalue weighted by Gasteiger charge is -2.10. The van der Waals surface area contributed by atoms with Gasteiger partial charge in [0, 0.05) is 5.56 Å². The van der Waals surface area contributed by atoms with E-state index in [4.69, 9.17) is 4.74 Å². The summed E-state index contributed by atoms with van der Waals surface area (Å²) in [5, 5.41) is 0. The van der Waals surface area contributed by atoms with Crippen molar-refractivity contribution in [3.8, 4) is 0 Å². The van der Waals surface area contributed by atoms with E-state index >= 15 is 0 Å². The number of benzene rings is 1. The number of hydrogen-bond acceptors (Lipinski definition) is 2. The summed E-state index contributed by atoms with van der Waals surface area (Å²) in [5.74, 6) is -0.992. The Hall–Kier alpha value is -1.43. The summed E-state index contributed by atoms with van der Waals surface area (Å²) in [5.41, 5.74) is -1.13. The number of alkyl halides is 3. The second-order valence-corrected chi connectivity index (χ2v) is 3.39. The quantitative estimate of drug-likeness (QED) is 0.551. The van der Waals surface area contributed by atoms with Crippen LogP contribution in [0.4, 0.5) is 17.6 Å². The minimum atomic E-state index is -4.63. The first-order valence-electron chi connectivity index (χ1n) is 4.40. The Morgan fingerprint density at radius 1 is 1.38 bits per heavy atom. The molecule has 2 rings (SSSR count). The van der Waals surface area contributed by atoms with Crippen molar-refractivity contribution in [2.45, 2.75) is 18.9 Å². The first kappa shape index (κ1) is 11.1. The van der Waals surface area contributed by atoms with E-state index in [0.29, 0.717) is 12.4 Å². The van der Waals surface area contributed by atoms with Gasteiger partial charge in [-0.15, -0.1) is 0 Å². The Labute approximate surface area is 87.8 Å². The Balaban J connectivity index is 2.56. The molecule has 0 N–H and O–H groups in total. The highest BCUT2D eigenvalue weighted by molar-refractivity contribution is 5.63. The van der Waals surface area contributed by atoms with Crippen molar-refractivity contribution in [2.75, 3.05) is 0 Å². The zero-order valence-corrected chi connectivity index (χ0v) is 7.84. The molecule has 1 aliphatic heterocycles. The fourth-order valence-corrected chi connectivity index (χ4v) is 1.60. The molecule has 0 spiro atoms. The van der Waals surface area contributed by atoms with Crippen LogP contribution in [0.5, 0.6) is 0 Å². The zero-order chi connectivity index (χ0) is 11.9. The highest BCUT2D eigenvalue weighted by Gasteiger charge is 2.35. The molecule has 6 heteroatoms. The number of rotatable bonds is 1. The molecule has 0 saturated carbocycles. The largest absolute Gasteiger partial charge is 0.416 e. The number of hydrogen-bond donors (Lipinski definition) is 0. The molecular weight excluding hydrogens is 228 g/mol. The predicted octanol–water partition coefficient (Wildman–Crippen LogP) is 2.61. The highest BCUT2D eigenvalue weighted by atomic mass is 19.4. The molecule has 1 heterocycles. The predicted molar refractivity (Wildman–Crippen MR) is 45.0 cm³/mol. The molecule has 16 heavy (non-hydrogen) atoms. The average molecular weight is 234 g/mol. The number of carbonyl (C=O) groups excluding carboxylic acids is 1. The maximum Gasteiger partial charge on any atom is 0.416 e. The molecule has 86 valence electrons. The summed E-state index contributed by atoms with van der Waals surface area (Å²) < 4.78 is 55.3. The fraction of sp³-hybridized carbons (Fsp3) is 0.300. The summed E-state index contributed by atoms with van der Waals surface area (Å²) in [7, 11) is 0. The third kappa shape index (κ3) is 1.69. The maximum absolute atomic E-state index is 13.3. The molecule has 1 atom stereocenters. The van der Waals surface area contributed by atoms with E-state index in [-0.39, 0.29) is 17.7 Å². The van der Waals surface area contributed by atoms with E-state index in [2.05, 4.69) is 0 Å². The van der Waals surface area contributed by atoms with Gasteiger partial charge in [-0.25, -0.2) is 4.39 Å². The van der Waals surface area contributed by atoms with Crippen molar-refractivity contribution in [3.05, 3.63) is 34.6 Å². The topological polar surface area (TPSA) is 26.3 Å². The van der Waals surface area contributed by atoms with Crippen molar-refractivity contribution < 1.29 is 27.1 Å². The molecule has 1 aromatic carbocycles. The first-order chi connectivity index (χ1) is 7.43. The number of fused-ring (bicyclic) bond motifs is 1. The van der Waals surface area contributed by atoms with Crippen LogP contribution in [0.25, 0.3) is 0 Å². The van der Waals surface area contributed by atoms with Gasteiger partial charge in [0.15, 0.2) is 6.29 Å². The molecule has 0 aliphatic carbocycles. The van der Waals surface area contributed by atoms with E-state index in [1.807, 2.05) is 0 Å². The number of halogens is 4. The van der Waals surface area contributed by atoms with E-state index in [0.717, 1.165) is 6.07 Å². The maximum atomic E-state index is 13.3. The van der Waals surface area contributed by atoms with Gasteiger partial charge in [0.25, 0.3) is 0 Å². The number of aldehydes is 1. The molecule has 0 bridgehead atoms. The summed E-state index contributed by atoms with van der Waals surface area (Å²) in [6, 6.07) is 1.17. The molecule has 0 fully saturated rings. The van der Waals surface area contributed by atoms with E-state index in [9.17, 15) is 22.4 Å². The second kappa shape index (κ2) is 3.55. The molecule has 0 aromatic heterocycles. The van der Waals surface area contributed by atoms with E-state index in [1.165, 1.54) is 0 Å². The lowest BCUT2D eigenvalue weighted by atomic mass is 10.0. The van der Waals surface area contributed by atoms with Gasteiger partial charge >= 0.3 is 6.18 Å². The third-order valence-electron chi connectivity index (χ3n) is 2.39. The molecule has 1 aromatic rings. The normalized spacial score (nSPS) is 19.6. The van der Waals surface area contributed by atoms with Gasteiger partial charge in [0.05, 0.1) is 12.2 Å². The first-order valence-corrected chi connectivity index (χ1v) is 4.40. The van der Waals surface area contributed by atoms with Crippen LogP contribution in [0.1, 0.15) is 22.8 Å². The second-order valence-electron chi connectivity index (χ2n) is 3.39. The molecular formula is C10H6F4O2. The smallest absolute Gasteiger partial charge is 0.361 e. The Morgan fingerprint density at radius 2 is 2.06 bits per heavy atom. The van der Waals surface area contributed by atoms with Gasteiger partial charge in [-0.05, 0) is 17.7 Å². The van der Waals surface area contributed by atoms with Gasteiger partial charge in [-0.3, -0.25) is 0 Å². The van der Waals surface area contributed by atoms with Crippen molar-refractivity contribution >= 4 is 6.29 Å². The van der Waals surface area contributed by atoms with Crippen LogP contribution in [0.15, 0.2) is 12.1 Å². The van der Waals surface area contributed by atoms with Gasteiger partial charge < -0.3 is 9.53 Å². The van der Waals surface area contributed by atoms with Gasteiger partial charge in [-0.1, -0.05) is 0 Å². The monoisotopic (exact) mass is 234 g/mol. The Morgan fingerprint density at radius 3 is 2.62 bits per heavy atom. The number of carbonyl (C=O) groups is 1. The molecule has 1 aliphatic rings. The molecule has 1 unspecified atom stereocenters. The lowest BCUT2D eigenvalue weighted by Crippen LogP contribution is -2.08. The number of ether oxygens (including phenoxy) is 1. The minimum Gasteiger partial charge on any atom is -0.361 e. The molecule has 0 saturated heterocycles.